The van der Waals surface area contributed by atoms with Gasteiger partial charge in [-0.3, -0.25) is 4.79 Å². The van der Waals surface area contributed by atoms with Crippen molar-refractivity contribution in [3.63, 3.8) is 0 Å². The lowest BCUT2D eigenvalue weighted by molar-refractivity contribution is 0.104. The van der Waals surface area contributed by atoms with Gasteiger partial charge in [0, 0.05) is 28.9 Å². The SMILES string of the molecule is CC(C)(C)S(=O)(=O)NCc1cccc(Cl)c1-c1cc(C(=O)c2cncnc2Cl)sc1Cl. The highest BCUT2D eigenvalue weighted by atomic mass is 35.5. The molecule has 3 aromatic rings. The molecule has 0 atom stereocenters. The van der Waals surface area contributed by atoms with E-state index in [1.165, 1.54) is 12.5 Å². The third-order valence-corrected chi connectivity index (χ3v) is 8.56. The molecule has 31 heavy (non-hydrogen) atoms. The summed E-state index contributed by atoms with van der Waals surface area (Å²) in [4.78, 5) is 20.9. The van der Waals surface area contributed by atoms with Crippen molar-refractivity contribution in [3.05, 3.63) is 67.3 Å². The summed E-state index contributed by atoms with van der Waals surface area (Å²) in [6.07, 6.45) is 2.59. The van der Waals surface area contributed by atoms with Gasteiger partial charge in [0.15, 0.2) is 0 Å². The van der Waals surface area contributed by atoms with Gasteiger partial charge in [-0.1, -0.05) is 46.9 Å². The molecule has 0 saturated carbocycles. The van der Waals surface area contributed by atoms with Crippen LogP contribution >= 0.6 is 46.1 Å². The van der Waals surface area contributed by atoms with E-state index in [1.807, 2.05) is 0 Å². The van der Waals surface area contributed by atoms with Gasteiger partial charge >= 0.3 is 0 Å². The average Bonchev–Trinajstić information content (AvgIpc) is 3.06. The van der Waals surface area contributed by atoms with Gasteiger partial charge in [-0.15, -0.1) is 11.3 Å². The molecule has 11 heteroatoms. The van der Waals surface area contributed by atoms with E-state index >= 15 is 0 Å². The van der Waals surface area contributed by atoms with Crippen LogP contribution in [0.15, 0.2) is 36.8 Å². The van der Waals surface area contributed by atoms with Crippen LogP contribution in [-0.2, 0) is 16.6 Å². The molecule has 164 valence electrons. The minimum atomic E-state index is -3.57. The van der Waals surface area contributed by atoms with Crippen LogP contribution in [0.4, 0.5) is 0 Å². The molecule has 0 spiro atoms. The first-order valence-corrected chi connectivity index (χ1v) is 12.4. The molecule has 0 aliphatic heterocycles. The van der Waals surface area contributed by atoms with E-state index in [1.54, 1.807) is 45.0 Å². The average molecular weight is 519 g/mol. The Bertz CT molecular complexity index is 1250. The van der Waals surface area contributed by atoms with Gasteiger partial charge in [0.05, 0.1) is 15.2 Å². The van der Waals surface area contributed by atoms with Crippen molar-refractivity contribution in [2.24, 2.45) is 0 Å². The summed E-state index contributed by atoms with van der Waals surface area (Å²) in [6.45, 7) is 4.85. The summed E-state index contributed by atoms with van der Waals surface area (Å²) < 4.78 is 26.9. The number of hydrogen-bond donors (Lipinski definition) is 1. The van der Waals surface area contributed by atoms with Gasteiger partial charge in [0.1, 0.15) is 15.8 Å². The summed E-state index contributed by atoms with van der Waals surface area (Å²) in [5, 5.41) is 0.424. The number of nitrogens with zero attached hydrogens (tertiary/aromatic N) is 2. The highest BCUT2D eigenvalue weighted by Gasteiger charge is 2.29. The Hall–Kier alpha value is -1.55. The summed E-state index contributed by atoms with van der Waals surface area (Å²) in [5.41, 5.74) is 1.86. The van der Waals surface area contributed by atoms with E-state index in [2.05, 4.69) is 14.7 Å². The van der Waals surface area contributed by atoms with Crippen LogP contribution in [-0.4, -0.2) is 28.9 Å². The molecule has 0 amide bonds. The van der Waals surface area contributed by atoms with Gasteiger partial charge in [0.2, 0.25) is 15.8 Å². The summed E-state index contributed by atoms with van der Waals surface area (Å²) >= 11 is 20.0. The van der Waals surface area contributed by atoms with Crippen molar-refractivity contribution in [1.29, 1.82) is 0 Å². The van der Waals surface area contributed by atoms with Crippen molar-refractivity contribution >= 4 is 61.9 Å². The number of carbonyl (C=O) groups is 1. The largest absolute Gasteiger partial charge is 0.288 e. The zero-order valence-corrected chi connectivity index (χ0v) is 20.6. The molecule has 0 unspecified atom stereocenters. The van der Waals surface area contributed by atoms with Gasteiger partial charge in [-0.05, 0) is 38.5 Å². The highest BCUT2D eigenvalue weighted by molar-refractivity contribution is 7.90. The number of benzene rings is 1. The van der Waals surface area contributed by atoms with Gasteiger partial charge < -0.3 is 0 Å². The Morgan fingerprint density at radius 2 is 1.90 bits per heavy atom. The van der Waals surface area contributed by atoms with Crippen molar-refractivity contribution in [2.45, 2.75) is 32.1 Å². The molecule has 0 aliphatic carbocycles. The maximum absolute atomic E-state index is 12.9. The molecule has 2 aromatic heterocycles. The molecule has 0 radical (unpaired) electrons. The predicted molar refractivity (Wildman–Crippen MR) is 126 cm³/mol. The van der Waals surface area contributed by atoms with E-state index in [4.69, 9.17) is 34.8 Å². The van der Waals surface area contributed by atoms with Crippen LogP contribution < -0.4 is 4.72 Å². The second-order valence-corrected chi connectivity index (χ2v) is 12.5. The predicted octanol–water partition coefficient (Wildman–Crippen LogP) is 5.61. The van der Waals surface area contributed by atoms with Crippen molar-refractivity contribution < 1.29 is 13.2 Å². The van der Waals surface area contributed by atoms with Crippen molar-refractivity contribution in [1.82, 2.24) is 14.7 Å². The number of ketones is 1. The number of thiophene rings is 1. The van der Waals surface area contributed by atoms with Crippen LogP contribution in [0.3, 0.4) is 0 Å². The third kappa shape index (κ3) is 5.10. The van der Waals surface area contributed by atoms with E-state index in [9.17, 15) is 13.2 Å². The molecule has 0 aliphatic rings. The summed E-state index contributed by atoms with van der Waals surface area (Å²) in [6, 6.07) is 6.77. The third-order valence-electron chi connectivity index (χ3n) is 4.45. The minimum Gasteiger partial charge on any atom is -0.288 e. The fourth-order valence-electron chi connectivity index (χ4n) is 2.66. The molecule has 0 bridgehead atoms. The Kier molecular flexibility index (Phi) is 7.10. The molecule has 0 fully saturated rings. The van der Waals surface area contributed by atoms with Gasteiger partial charge in [-0.2, -0.15) is 0 Å². The number of rotatable bonds is 6. The van der Waals surface area contributed by atoms with Gasteiger partial charge in [-0.25, -0.2) is 23.1 Å². The van der Waals surface area contributed by atoms with Gasteiger partial charge in [0.25, 0.3) is 0 Å². The maximum atomic E-state index is 12.9. The van der Waals surface area contributed by atoms with E-state index in [-0.39, 0.29) is 23.0 Å². The van der Waals surface area contributed by atoms with Crippen LogP contribution in [0.25, 0.3) is 11.1 Å². The number of nitrogens with one attached hydrogen (secondary N) is 1. The standard InChI is InChI=1S/C20H18Cl3N3O3S2/c1-20(2,3)31(28,29)26-8-11-5-4-6-14(21)16(11)12-7-15(30-19(12)23)17(27)13-9-24-10-25-18(13)22/h4-7,9-10,26H,8H2,1-3H3. The number of halogens is 3. The monoisotopic (exact) mass is 517 g/mol. The Morgan fingerprint density at radius 1 is 1.19 bits per heavy atom. The van der Waals surface area contributed by atoms with Crippen molar-refractivity contribution in [3.8, 4) is 11.1 Å². The number of carbonyl (C=O) groups excluding carboxylic acids is 1. The van der Waals surface area contributed by atoms with E-state index in [0.29, 0.717) is 30.9 Å². The van der Waals surface area contributed by atoms with Crippen LogP contribution in [0.1, 0.15) is 41.6 Å². The zero-order valence-electron chi connectivity index (χ0n) is 16.7. The first-order chi connectivity index (χ1) is 14.4. The number of aromatic nitrogens is 2. The second kappa shape index (κ2) is 9.13. The fraction of sp³-hybridized carbons (Fsp3) is 0.250. The van der Waals surface area contributed by atoms with Crippen LogP contribution in [0.5, 0.6) is 0 Å². The number of sulfonamides is 1. The molecule has 6 nitrogen and oxygen atoms in total. The van der Waals surface area contributed by atoms with Crippen molar-refractivity contribution in [2.75, 3.05) is 0 Å². The topological polar surface area (TPSA) is 89.0 Å². The molecular formula is C20H18Cl3N3O3S2. The second-order valence-electron chi connectivity index (χ2n) is 7.57. The fourth-order valence-corrected chi connectivity index (χ4v) is 5.15. The Morgan fingerprint density at radius 3 is 2.55 bits per heavy atom. The highest BCUT2D eigenvalue weighted by Crippen LogP contribution is 2.41. The first-order valence-electron chi connectivity index (χ1n) is 8.99. The Labute approximate surface area is 199 Å². The Balaban J connectivity index is 2.01. The lowest BCUT2D eigenvalue weighted by Crippen LogP contribution is -2.39. The smallest absolute Gasteiger partial charge is 0.216 e. The minimum absolute atomic E-state index is 0.0172. The normalized spacial score (nSPS) is 12.2. The lowest BCUT2D eigenvalue weighted by atomic mass is 10.0. The molecule has 1 aromatic carbocycles. The van der Waals surface area contributed by atoms with Crippen LogP contribution in [0.2, 0.25) is 14.5 Å². The van der Waals surface area contributed by atoms with E-state index in [0.717, 1.165) is 11.3 Å². The number of hydrogen-bond acceptors (Lipinski definition) is 6. The quantitative estimate of drug-likeness (QED) is 0.338. The van der Waals surface area contributed by atoms with E-state index < -0.39 is 14.8 Å². The zero-order chi connectivity index (χ0) is 23.0. The van der Waals surface area contributed by atoms with Crippen LogP contribution in [0, 0.1) is 0 Å². The molecular weight excluding hydrogens is 501 g/mol. The summed E-state index contributed by atoms with van der Waals surface area (Å²) in [7, 11) is -3.57. The maximum Gasteiger partial charge on any atom is 0.216 e. The molecule has 1 N–H and O–H groups in total. The first kappa shape index (κ1) is 24.1. The summed E-state index contributed by atoms with van der Waals surface area (Å²) in [5.74, 6) is -0.370. The molecule has 3 rings (SSSR count). The molecule has 2 heterocycles. The molecule has 0 saturated heterocycles. The lowest BCUT2D eigenvalue weighted by Gasteiger charge is -2.20.